The third-order valence-corrected chi connectivity index (χ3v) is 16.8. The molecule has 11 aromatic carbocycles. The van der Waals surface area contributed by atoms with Crippen LogP contribution in [0, 0.1) is 0 Å². The van der Waals surface area contributed by atoms with Gasteiger partial charge in [-0.25, -0.2) is 0 Å². The van der Waals surface area contributed by atoms with Crippen LogP contribution in [0.2, 0.25) is 0 Å². The number of rotatable bonds is 4. The number of fused-ring (bicyclic) bond motifs is 19. The fraction of sp³-hybridized carbons (Fsp3) is 0.0159. The van der Waals surface area contributed by atoms with E-state index in [0.717, 1.165) is 39.3 Å². The molecule has 2 aliphatic rings. The van der Waals surface area contributed by atoms with Crippen molar-refractivity contribution in [2.45, 2.75) is 5.41 Å². The zero-order chi connectivity index (χ0) is 43.8. The van der Waals surface area contributed by atoms with Crippen molar-refractivity contribution in [3.63, 3.8) is 0 Å². The number of ether oxygens (including phenoxy) is 1. The molecule has 67 heavy (non-hydrogen) atoms. The normalized spacial score (nSPS) is 13.3. The van der Waals surface area contributed by atoms with Gasteiger partial charge in [0.05, 0.1) is 5.41 Å². The van der Waals surface area contributed by atoms with Gasteiger partial charge in [-0.15, -0.1) is 22.7 Å². The first kappa shape index (κ1) is 37.2. The highest BCUT2D eigenvalue weighted by molar-refractivity contribution is 7.26. The molecule has 0 amide bonds. The van der Waals surface area contributed by atoms with Crippen molar-refractivity contribution in [2.24, 2.45) is 0 Å². The molecule has 4 heteroatoms. The lowest BCUT2D eigenvalue weighted by atomic mass is 9.65. The number of benzene rings is 11. The van der Waals surface area contributed by atoms with Gasteiger partial charge in [0.25, 0.3) is 0 Å². The molecule has 0 radical (unpaired) electrons. The summed E-state index contributed by atoms with van der Waals surface area (Å²) in [6.07, 6.45) is 0. The zero-order valence-corrected chi connectivity index (χ0v) is 37.7. The predicted molar refractivity (Wildman–Crippen MR) is 285 cm³/mol. The van der Waals surface area contributed by atoms with Crippen LogP contribution >= 0.6 is 22.7 Å². The second-order valence-corrected chi connectivity index (χ2v) is 20.1. The lowest BCUT2D eigenvalue weighted by Gasteiger charge is -2.40. The number of anilines is 3. The van der Waals surface area contributed by atoms with E-state index >= 15 is 0 Å². The topological polar surface area (TPSA) is 12.5 Å². The fourth-order valence-electron chi connectivity index (χ4n) is 11.6. The minimum atomic E-state index is -0.607. The summed E-state index contributed by atoms with van der Waals surface area (Å²) in [5, 5.41) is 9.74. The van der Waals surface area contributed by atoms with Gasteiger partial charge in [0, 0.05) is 79.3 Å². The van der Waals surface area contributed by atoms with Gasteiger partial charge in [-0.3, -0.25) is 0 Å². The van der Waals surface area contributed by atoms with Crippen LogP contribution in [0.15, 0.2) is 224 Å². The number of hydrogen-bond donors (Lipinski definition) is 0. The van der Waals surface area contributed by atoms with E-state index in [1.807, 2.05) is 22.7 Å². The maximum Gasteiger partial charge on any atom is 0.140 e. The molecule has 0 bridgehead atoms. The molecule has 312 valence electrons. The highest BCUT2D eigenvalue weighted by Gasteiger charge is 2.52. The van der Waals surface area contributed by atoms with Gasteiger partial charge >= 0.3 is 0 Å². The maximum atomic E-state index is 7.22. The van der Waals surface area contributed by atoms with Crippen LogP contribution in [0.4, 0.5) is 17.1 Å². The summed E-state index contributed by atoms with van der Waals surface area (Å²) in [4.78, 5) is 2.44. The van der Waals surface area contributed by atoms with Gasteiger partial charge < -0.3 is 9.64 Å². The molecule has 1 spiro atoms. The number of hydrogen-bond acceptors (Lipinski definition) is 4. The molecule has 1 aliphatic carbocycles. The van der Waals surface area contributed by atoms with Gasteiger partial charge in [0.2, 0.25) is 0 Å². The van der Waals surface area contributed by atoms with Crippen LogP contribution in [-0.4, -0.2) is 0 Å². The molecule has 0 saturated carbocycles. The number of thiophene rings is 2. The molecule has 3 heterocycles. The van der Waals surface area contributed by atoms with E-state index in [1.54, 1.807) is 0 Å². The Balaban J connectivity index is 0.937. The van der Waals surface area contributed by atoms with E-state index in [9.17, 15) is 0 Å². The molecule has 2 nitrogen and oxygen atoms in total. The van der Waals surface area contributed by atoms with Crippen molar-refractivity contribution in [2.75, 3.05) is 4.90 Å². The lowest BCUT2D eigenvalue weighted by molar-refractivity contribution is 0.447. The average Bonchev–Trinajstić information content (AvgIpc) is 4.05. The van der Waals surface area contributed by atoms with Gasteiger partial charge in [0.15, 0.2) is 0 Å². The first-order valence-electron chi connectivity index (χ1n) is 22.9. The Bertz CT molecular complexity index is 4020. The Morgan fingerprint density at radius 1 is 0.328 bits per heavy atom. The van der Waals surface area contributed by atoms with Crippen molar-refractivity contribution in [1.29, 1.82) is 0 Å². The Morgan fingerprint density at radius 2 is 0.806 bits per heavy atom. The fourth-order valence-corrected chi connectivity index (χ4v) is 13.8. The second-order valence-electron chi connectivity index (χ2n) is 17.9. The highest BCUT2D eigenvalue weighted by atomic mass is 32.1. The van der Waals surface area contributed by atoms with E-state index in [1.165, 1.54) is 95.6 Å². The van der Waals surface area contributed by atoms with E-state index in [0.29, 0.717) is 0 Å². The molecule has 1 aliphatic heterocycles. The summed E-state index contributed by atoms with van der Waals surface area (Å²) in [7, 11) is 0. The molecule has 0 unspecified atom stereocenters. The molecule has 0 fully saturated rings. The van der Waals surface area contributed by atoms with Crippen molar-refractivity contribution >= 4 is 102 Å². The number of nitrogens with zero attached hydrogens (tertiary/aromatic N) is 1. The van der Waals surface area contributed by atoms with Crippen LogP contribution in [0.25, 0.3) is 84.1 Å². The molecule has 13 aromatic rings. The van der Waals surface area contributed by atoms with Crippen LogP contribution in [0.3, 0.4) is 0 Å². The van der Waals surface area contributed by atoms with E-state index < -0.39 is 5.41 Å². The van der Waals surface area contributed by atoms with E-state index in [-0.39, 0.29) is 0 Å². The van der Waals surface area contributed by atoms with Gasteiger partial charge in [-0.1, -0.05) is 164 Å². The van der Waals surface area contributed by atoms with Crippen LogP contribution in [0.1, 0.15) is 22.3 Å². The smallest absolute Gasteiger partial charge is 0.140 e. The van der Waals surface area contributed by atoms with Gasteiger partial charge in [-0.05, 0) is 105 Å². The maximum absolute atomic E-state index is 7.22. The summed E-state index contributed by atoms with van der Waals surface area (Å²) in [6, 6.07) is 83.3. The Labute approximate surface area is 394 Å². The molecule has 0 saturated heterocycles. The average molecular weight is 888 g/mol. The third kappa shape index (κ3) is 5.20. The van der Waals surface area contributed by atoms with Crippen molar-refractivity contribution in [3.05, 3.63) is 247 Å². The van der Waals surface area contributed by atoms with Crippen LogP contribution < -0.4 is 9.64 Å². The standard InChI is InChI=1S/C63H37NOS2/c1-3-14-45-38(12-1)26-32-54-61(45)65-62-46-15-4-2-13-39(46)27-33-55(62)63(54)52-20-8-5-18-49(52)60-44(19-11-21-53(60)63)40-24-28-41(29-25-40)64(42-30-34-58-50(36-42)47-16-6-9-22-56(47)66-58)43-31-35-59-51(37-43)48-17-7-10-23-57(48)67-59/h1-37H. The second kappa shape index (κ2) is 14.0. The van der Waals surface area contributed by atoms with Crippen molar-refractivity contribution in [1.82, 2.24) is 0 Å². The molecule has 0 atom stereocenters. The molecule has 0 N–H and O–H groups in total. The highest BCUT2D eigenvalue weighted by Crippen LogP contribution is 2.65. The van der Waals surface area contributed by atoms with E-state index in [2.05, 4.69) is 229 Å². The van der Waals surface area contributed by atoms with Crippen molar-refractivity contribution in [3.8, 4) is 33.8 Å². The first-order chi connectivity index (χ1) is 33.2. The Hall–Kier alpha value is -8.02. The monoisotopic (exact) mass is 887 g/mol. The molecule has 15 rings (SSSR count). The van der Waals surface area contributed by atoms with Crippen LogP contribution in [0.5, 0.6) is 11.5 Å². The summed E-state index contributed by atoms with van der Waals surface area (Å²) in [6.45, 7) is 0. The summed E-state index contributed by atoms with van der Waals surface area (Å²) in [5.74, 6) is 1.86. The SMILES string of the molecule is c1ccc2c(c1)-c1c(-c3ccc(N(c4ccc5sc6ccccc6c5c4)c4ccc5sc6ccccc6c5c4)cc3)cccc1C21c2ccc3ccccc3c2Oc2c1ccc1ccccc21. The Kier molecular flexibility index (Phi) is 7.78. The van der Waals surface area contributed by atoms with E-state index in [4.69, 9.17) is 4.74 Å². The Morgan fingerprint density at radius 3 is 1.42 bits per heavy atom. The third-order valence-electron chi connectivity index (χ3n) is 14.5. The largest absolute Gasteiger partial charge is 0.455 e. The van der Waals surface area contributed by atoms with Crippen molar-refractivity contribution < 1.29 is 4.74 Å². The minimum Gasteiger partial charge on any atom is -0.455 e. The quantitative estimate of drug-likeness (QED) is 0.175. The molecular weight excluding hydrogens is 851 g/mol. The zero-order valence-electron chi connectivity index (χ0n) is 36.0. The lowest BCUT2D eigenvalue weighted by Crippen LogP contribution is -2.32. The van der Waals surface area contributed by atoms with Gasteiger partial charge in [0.1, 0.15) is 11.5 Å². The summed E-state index contributed by atoms with van der Waals surface area (Å²) in [5.41, 5.74) is 12.6. The molecule has 2 aromatic heterocycles. The molecular formula is C63H37NOS2. The minimum absolute atomic E-state index is 0.607. The van der Waals surface area contributed by atoms with Crippen LogP contribution in [-0.2, 0) is 5.41 Å². The predicted octanol–water partition coefficient (Wildman–Crippen LogP) is 18.3. The first-order valence-corrected chi connectivity index (χ1v) is 24.5. The van der Waals surface area contributed by atoms with Gasteiger partial charge in [-0.2, -0.15) is 0 Å². The summed E-state index contributed by atoms with van der Waals surface area (Å²) < 4.78 is 12.4. The summed E-state index contributed by atoms with van der Waals surface area (Å²) >= 11 is 3.72.